The fourth-order valence-corrected chi connectivity index (χ4v) is 2.36. The van der Waals surface area contributed by atoms with Crippen molar-refractivity contribution < 1.29 is 19.7 Å². The summed E-state index contributed by atoms with van der Waals surface area (Å²) >= 11 is 0. The third-order valence-electron chi connectivity index (χ3n) is 3.27. The van der Waals surface area contributed by atoms with Crippen LogP contribution in [0.4, 0.5) is 0 Å². The standard InChI is InChI=1S/C14H11NO5/c16-12-8-5-6-20-9-4-2-1-3-7(9)11(8)15-13(17)10(12)14(18)19/h1-4H,5-6H2,(H,18,19)(H2,15,16,17). The Labute approximate surface area is 113 Å². The highest BCUT2D eigenvalue weighted by Crippen LogP contribution is 2.37. The number of fused-ring (bicyclic) bond motifs is 3. The molecule has 2 heterocycles. The molecule has 6 heteroatoms. The van der Waals surface area contributed by atoms with Crippen molar-refractivity contribution >= 4 is 5.97 Å². The number of aromatic carboxylic acids is 1. The van der Waals surface area contributed by atoms with Gasteiger partial charge in [-0.25, -0.2) is 4.79 Å². The summed E-state index contributed by atoms with van der Waals surface area (Å²) in [6, 6.07) is 7.07. The third-order valence-corrected chi connectivity index (χ3v) is 3.27. The molecule has 1 aromatic carbocycles. The number of aromatic nitrogens is 1. The van der Waals surface area contributed by atoms with Gasteiger partial charge < -0.3 is 19.9 Å². The maximum atomic E-state index is 11.8. The zero-order chi connectivity index (χ0) is 14.3. The zero-order valence-corrected chi connectivity index (χ0v) is 10.3. The second-order valence-electron chi connectivity index (χ2n) is 4.43. The number of rotatable bonds is 1. The lowest BCUT2D eigenvalue weighted by Gasteiger charge is -2.10. The molecule has 0 unspecified atom stereocenters. The first kappa shape index (κ1) is 12.3. The van der Waals surface area contributed by atoms with E-state index in [1.807, 2.05) is 0 Å². The molecule has 0 spiro atoms. The first-order valence-electron chi connectivity index (χ1n) is 6.03. The van der Waals surface area contributed by atoms with Gasteiger partial charge >= 0.3 is 5.97 Å². The van der Waals surface area contributed by atoms with Gasteiger partial charge in [0.2, 0.25) is 0 Å². The zero-order valence-electron chi connectivity index (χ0n) is 10.3. The molecule has 1 aliphatic heterocycles. The topological polar surface area (TPSA) is 99.6 Å². The molecule has 0 aliphatic carbocycles. The van der Waals surface area contributed by atoms with E-state index in [0.29, 0.717) is 35.6 Å². The number of ether oxygens (including phenoxy) is 1. The van der Waals surface area contributed by atoms with Gasteiger partial charge in [-0.3, -0.25) is 4.79 Å². The van der Waals surface area contributed by atoms with E-state index >= 15 is 0 Å². The Morgan fingerprint density at radius 1 is 1.30 bits per heavy atom. The molecule has 0 radical (unpaired) electrons. The van der Waals surface area contributed by atoms with Gasteiger partial charge in [0.1, 0.15) is 11.5 Å². The minimum Gasteiger partial charge on any atom is -0.506 e. The van der Waals surface area contributed by atoms with Crippen molar-refractivity contribution in [3.8, 4) is 22.8 Å². The van der Waals surface area contributed by atoms with Gasteiger partial charge in [0, 0.05) is 17.5 Å². The Kier molecular flexibility index (Phi) is 2.71. The molecule has 102 valence electrons. The summed E-state index contributed by atoms with van der Waals surface area (Å²) in [6.07, 6.45) is 0.312. The fourth-order valence-electron chi connectivity index (χ4n) is 2.36. The summed E-state index contributed by atoms with van der Waals surface area (Å²) in [5.74, 6) is -1.36. The average Bonchev–Trinajstić information content (AvgIpc) is 2.58. The maximum absolute atomic E-state index is 11.8. The van der Waals surface area contributed by atoms with E-state index in [1.165, 1.54) is 0 Å². The lowest BCUT2D eigenvalue weighted by atomic mass is 10.0. The van der Waals surface area contributed by atoms with Crippen molar-refractivity contribution in [2.24, 2.45) is 0 Å². The van der Waals surface area contributed by atoms with Crippen LogP contribution in [0.15, 0.2) is 29.1 Å². The second kappa shape index (κ2) is 4.41. The average molecular weight is 273 g/mol. The molecular weight excluding hydrogens is 262 g/mol. The minimum absolute atomic E-state index is 0.294. The van der Waals surface area contributed by atoms with Gasteiger partial charge in [0.25, 0.3) is 5.56 Å². The number of para-hydroxylation sites is 1. The molecule has 0 bridgehead atoms. The van der Waals surface area contributed by atoms with Crippen LogP contribution < -0.4 is 10.3 Å². The number of aromatic hydroxyl groups is 1. The minimum atomic E-state index is -1.45. The summed E-state index contributed by atoms with van der Waals surface area (Å²) in [6.45, 7) is 0.294. The van der Waals surface area contributed by atoms with E-state index in [1.54, 1.807) is 24.3 Å². The summed E-state index contributed by atoms with van der Waals surface area (Å²) in [7, 11) is 0. The Morgan fingerprint density at radius 3 is 2.80 bits per heavy atom. The number of H-pyrrole nitrogens is 1. The third kappa shape index (κ3) is 1.73. The van der Waals surface area contributed by atoms with Crippen LogP contribution in [0.1, 0.15) is 15.9 Å². The lowest BCUT2D eigenvalue weighted by molar-refractivity contribution is 0.0691. The molecular formula is C14H11NO5. The highest BCUT2D eigenvalue weighted by Gasteiger charge is 2.25. The summed E-state index contributed by atoms with van der Waals surface area (Å²) in [4.78, 5) is 25.4. The van der Waals surface area contributed by atoms with Crippen molar-refractivity contribution in [1.29, 1.82) is 0 Å². The summed E-state index contributed by atoms with van der Waals surface area (Å²) < 4.78 is 5.55. The first-order chi connectivity index (χ1) is 9.59. The molecule has 0 fully saturated rings. The number of pyridine rings is 1. The number of hydrogen-bond acceptors (Lipinski definition) is 4. The molecule has 20 heavy (non-hydrogen) atoms. The van der Waals surface area contributed by atoms with Gasteiger partial charge in [-0.2, -0.15) is 0 Å². The van der Waals surface area contributed by atoms with Crippen LogP contribution in [-0.2, 0) is 6.42 Å². The molecule has 3 N–H and O–H groups in total. The van der Waals surface area contributed by atoms with Crippen LogP contribution in [0.2, 0.25) is 0 Å². The summed E-state index contributed by atoms with van der Waals surface area (Å²) in [5.41, 5.74) is -0.0459. The molecule has 0 saturated heterocycles. The van der Waals surface area contributed by atoms with E-state index in [-0.39, 0.29) is 0 Å². The van der Waals surface area contributed by atoms with Gasteiger partial charge in [0.05, 0.1) is 12.3 Å². The van der Waals surface area contributed by atoms with Crippen LogP contribution >= 0.6 is 0 Å². The van der Waals surface area contributed by atoms with Crippen molar-refractivity contribution in [1.82, 2.24) is 4.98 Å². The van der Waals surface area contributed by atoms with E-state index in [4.69, 9.17) is 9.84 Å². The van der Waals surface area contributed by atoms with Crippen molar-refractivity contribution in [2.75, 3.05) is 6.61 Å². The molecule has 6 nitrogen and oxygen atoms in total. The number of carbonyl (C=O) groups is 1. The Hall–Kier alpha value is -2.76. The number of hydrogen-bond donors (Lipinski definition) is 3. The second-order valence-corrected chi connectivity index (χ2v) is 4.43. The van der Waals surface area contributed by atoms with Gasteiger partial charge in [-0.05, 0) is 12.1 Å². The van der Waals surface area contributed by atoms with E-state index in [2.05, 4.69) is 4.98 Å². The van der Waals surface area contributed by atoms with Crippen LogP contribution in [0, 0.1) is 0 Å². The van der Waals surface area contributed by atoms with Gasteiger partial charge in [-0.15, -0.1) is 0 Å². The Balaban J connectivity index is 2.36. The maximum Gasteiger partial charge on any atom is 0.345 e. The molecule has 2 aromatic rings. The number of carboxylic acid groups (broad SMARTS) is 1. The van der Waals surface area contributed by atoms with E-state index in [9.17, 15) is 14.7 Å². The Bertz CT molecular complexity index is 763. The monoisotopic (exact) mass is 273 g/mol. The van der Waals surface area contributed by atoms with Crippen molar-refractivity contribution in [3.05, 3.63) is 45.7 Å². The quantitative estimate of drug-likeness (QED) is 0.729. The van der Waals surface area contributed by atoms with Crippen molar-refractivity contribution in [3.63, 3.8) is 0 Å². The molecule has 3 rings (SSSR count). The molecule has 1 aromatic heterocycles. The van der Waals surface area contributed by atoms with Crippen LogP contribution in [0.3, 0.4) is 0 Å². The SMILES string of the molecule is O=C(O)c1c(O)c2c([nH]c1=O)-c1ccccc1OCC2. The molecule has 0 saturated carbocycles. The number of aromatic amines is 1. The van der Waals surface area contributed by atoms with Crippen LogP contribution in [0.25, 0.3) is 11.3 Å². The Morgan fingerprint density at radius 2 is 2.05 bits per heavy atom. The number of nitrogens with one attached hydrogen (secondary N) is 1. The molecule has 0 amide bonds. The number of carboxylic acids is 1. The highest BCUT2D eigenvalue weighted by molar-refractivity contribution is 5.92. The van der Waals surface area contributed by atoms with Crippen LogP contribution in [0.5, 0.6) is 11.5 Å². The molecule has 0 atom stereocenters. The largest absolute Gasteiger partial charge is 0.506 e. The summed E-state index contributed by atoms with van der Waals surface area (Å²) in [5, 5.41) is 19.1. The first-order valence-corrected chi connectivity index (χ1v) is 6.03. The normalized spacial score (nSPS) is 12.8. The fraction of sp³-hybridized carbons (Fsp3) is 0.143. The van der Waals surface area contributed by atoms with Crippen molar-refractivity contribution in [2.45, 2.75) is 6.42 Å². The van der Waals surface area contributed by atoms with E-state index in [0.717, 1.165) is 0 Å². The van der Waals surface area contributed by atoms with E-state index < -0.39 is 22.8 Å². The van der Waals surface area contributed by atoms with Crippen LogP contribution in [-0.4, -0.2) is 27.8 Å². The molecule has 1 aliphatic rings. The lowest BCUT2D eigenvalue weighted by Crippen LogP contribution is -2.20. The predicted octanol–water partition coefficient (Wildman–Crippen LogP) is 1.38. The van der Waals surface area contributed by atoms with Gasteiger partial charge in [-0.1, -0.05) is 12.1 Å². The van der Waals surface area contributed by atoms with Gasteiger partial charge in [0.15, 0.2) is 5.56 Å². The number of benzene rings is 1. The smallest absolute Gasteiger partial charge is 0.345 e. The predicted molar refractivity (Wildman–Crippen MR) is 70.3 cm³/mol. The highest BCUT2D eigenvalue weighted by atomic mass is 16.5.